The second kappa shape index (κ2) is 8.73. The lowest BCUT2D eigenvalue weighted by Gasteiger charge is -2.36. The molecule has 0 saturated carbocycles. The molecule has 0 aromatic heterocycles. The third-order valence-electron chi connectivity index (χ3n) is 5.04. The molecule has 1 aliphatic heterocycles. The Hall–Kier alpha value is -2.10. The molecule has 3 rings (SSSR count). The average molecular weight is 428 g/mol. The smallest absolute Gasteiger partial charge is 0.416 e. The quantitative estimate of drug-likeness (QED) is 0.756. The van der Waals surface area contributed by atoms with E-state index >= 15 is 0 Å². The van der Waals surface area contributed by atoms with Crippen LogP contribution in [0.5, 0.6) is 5.75 Å². The summed E-state index contributed by atoms with van der Waals surface area (Å²) in [4.78, 5) is 2.23. The van der Waals surface area contributed by atoms with Crippen molar-refractivity contribution in [2.24, 2.45) is 5.14 Å². The summed E-state index contributed by atoms with van der Waals surface area (Å²) >= 11 is 0. The Balaban J connectivity index is 1.60. The normalized spacial score (nSPS) is 18.6. The first-order valence-corrected chi connectivity index (χ1v) is 10.9. The van der Waals surface area contributed by atoms with E-state index < -0.39 is 21.8 Å². The molecule has 0 aliphatic carbocycles. The standard InChI is InChI=1S/C20H23F3N2O3S/c21-20(22,23)16-6-4-15(5-7-16)19-3-1-2-12-25(19)13-14-28-17-8-10-18(11-9-17)29(24,26)27/h4-11,19H,1-3,12-14H2,(H2,24,26,27). The Morgan fingerprint density at radius 2 is 1.69 bits per heavy atom. The molecule has 1 saturated heterocycles. The van der Waals surface area contributed by atoms with Gasteiger partial charge < -0.3 is 4.74 Å². The van der Waals surface area contributed by atoms with Crippen LogP contribution in [0.2, 0.25) is 0 Å². The maximum atomic E-state index is 12.8. The first kappa shape index (κ1) is 21.6. The molecule has 158 valence electrons. The average Bonchev–Trinajstić information content (AvgIpc) is 2.67. The number of primary sulfonamides is 1. The van der Waals surface area contributed by atoms with Gasteiger partial charge in [-0.05, 0) is 61.3 Å². The summed E-state index contributed by atoms with van der Waals surface area (Å²) in [6.45, 7) is 1.84. The van der Waals surface area contributed by atoms with Crippen LogP contribution in [0.1, 0.15) is 36.4 Å². The number of hydrogen-bond donors (Lipinski definition) is 1. The minimum absolute atomic E-state index is 0.0169. The third-order valence-corrected chi connectivity index (χ3v) is 5.97. The molecular formula is C20H23F3N2O3S. The Kier molecular flexibility index (Phi) is 6.50. The SMILES string of the molecule is NS(=O)(=O)c1ccc(OCCN2CCCCC2c2ccc(C(F)(F)F)cc2)cc1. The second-order valence-electron chi connectivity index (χ2n) is 7.03. The molecule has 2 aromatic rings. The van der Waals surface area contributed by atoms with Gasteiger partial charge in [-0.25, -0.2) is 13.6 Å². The van der Waals surface area contributed by atoms with Gasteiger partial charge in [0.15, 0.2) is 0 Å². The van der Waals surface area contributed by atoms with E-state index in [0.717, 1.165) is 43.5 Å². The van der Waals surface area contributed by atoms with Crippen molar-refractivity contribution in [3.05, 3.63) is 59.7 Å². The lowest BCUT2D eigenvalue weighted by molar-refractivity contribution is -0.137. The van der Waals surface area contributed by atoms with Crippen molar-refractivity contribution in [1.29, 1.82) is 0 Å². The molecule has 2 aromatic carbocycles. The van der Waals surface area contributed by atoms with Crippen molar-refractivity contribution in [2.45, 2.75) is 36.4 Å². The number of alkyl halides is 3. The highest BCUT2D eigenvalue weighted by Crippen LogP contribution is 2.34. The summed E-state index contributed by atoms with van der Waals surface area (Å²) in [6.07, 6.45) is -1.40. The monoisotopic (exact) mass is 428 g/mol. The summed E-state index contributed by atoms with van der Waals surface area (Å²) in [5.41, 5.74) is 0.227. The summed E-state index contributed by atoms with van der Waals surface area (Å²) in [5.74, 6) is 0.528. The Labute approximate surface area is 168 Å². The van der Waals surface area contributed by atoms with E-state index in [1.54, 1.807) is 24.3 Å². The van der Waals surface area contributed by atoms with Crippen molar-refractivity contribution in [3.63, 3.8) is 0 Å². The summed E-state index contributed by atoms with van der Waals surface area (Å²) < 4.78 is 66.6. The highest BCUT2D eigenvalue weighted by atomic mass is 32.2. The number of ether oxygens (including phenoxy) is 1. The molecule has 0 spiro atoms. The second-order valence-corrected chi connectivity index (χ2v) is 8.59. The molecular weight excluding hydrogens is 405 g/mol. The van der Waals surface area contributed by atoms with Crippen LogP contribution in [-0.2, 0) is 16.2 Å². The zero-order chi connectivity index (χ0) is 21.1. The summed E-state index contributed by atoms with van der Waals surface area (Å²) in [6, 6.07) is 11.3. The zero-order valence-corrected chi connectivity index (χ0v) is 16.5. The van der Waals surface area contributed by atoms with E-state index in [1.807, 2.05) is 0 Å². The van der Waals surface area contributed by atoms with Crippen molar-refractivity contribution in [3.8, 4) is 5.75 Å². The molecule has 0 bridgehead atoms. The van der Waals surface area contributed by atoms with Crippen molar-refractivity contribution in [1.82, 2.24) is 4.90 Å². The van der Waals surface area contributed by atoms with Crippen LogP contribution < -0.4 is 9.88 Å². The number of halogens is 3. The molecule has 1 unspecified atom stereocenters. The number of nitrogens with two attached hydrogens (primary N) is 1. The number of nitrogens with zero attached hydrogens (tertiary/aromatic N) is 1. The number of likely N-dealkylation sites (tertiary alicyclic amines) is 1. The van der Waals surface area contributed by atoms with Gasteiger partial charge in [-0.1, -0.05) is 18.6 Å². The predicted molar refractivity (Wildman–Crippen MR) is 103 cm³/mol. The van der Waals surface area contributed by atoms with Gasteiger partial charge >= 0.3 is 6.18 Å². The Bertz CT molecular complexity index is 913. The molecule has 0 amide bonds. The number of hydrogen-bond acceptors (Lipinski definition) is 4. The molecule has 1 fully saturated rings. The lowest BCUT2D eigenvalue weighted by atomic mass is 9.94. The number of sulfonamides is 1. The fourth-order valence-corrected chi connectivity index (χ4v) is 4.05. The van der Waals surface area contributed by atoms with Crippen LogP contribution in [0.3, 0.4) is 0 Å². The van der Waals surface area contributed by atoms with Crippen LogP contribution in [0.15, 0.2) is 53.4 Å². The fourth-order valence-electron chi connectivity index (χ4n) is 3.54. The fraction of sp³-hybridized carbons (Fsp3) is 0.400. The number of rotatable bonds is 6. The maximum Gasteiger partial charge on any atom is 0.416 e. The molecule has 2 N–H and O–H groups in total. The Morgan fingerprint density at radius 1 is 1.03 bits per heavy atom. The van der Waals surface area contributed by atoms with Crippen LogP contribution in [0, 0.1) is 0 Å². The minimum atomic E-state index is -4.34. The summed E-state index contributed by atoms with van der Waals surface area (Å²) in [5, 5.41) is 5.07. The van der Waals surface area contributed by atoms with E-state index in [1.165, 1.54) is 12.1 Å². The van der Waals surface area contributed by atoms with Gasteiger partial charge in [0.1, 0.15) is 12.4 Å². The molecule has 0 radical (unpaired) electrons. The van der Waals surface area contributed by atoms with E-state index in [2.05, 4.69) is 4.90 Å². The first-order chi connectivity index (χ1) is 13.6. The molecule has 1 heterocycles. The molecule has 5 nitrogen and oxygen atoms in total. The van der Waals surface area contributed by atoms with E-state index in [9.17, 15) is 21.6 Å². The first-order valence-electron chi connectivity index (χ1n) is 9.31. The van der Waals surface area contributed by atoms with E-state index in [4.69, 9.17) is 9.88 Å². The van der Waals surface area contributed by atoms with Gasteiger partial charge in [0.25, 0.3) is 0 Å². The van der Waals surface area contributed by atoms with Crippen molar-refractivity contribution >= 4 is 10.0 Å². The molecule has 1 aliphatic rings. The van der Waals surface area contributed by atoms with E-state index in [-0.39, 0.29) is 10.9 Å². The minimum Gasteiger partial charge on any atom is -0.492 e. The van der Waals surface area contributed by atoms with Crippen molar-refractivity contribution < 1.29 is 26.3 Å². The predicted octanol–water partition coefficient (Wildman–Crippen LogP) is 3.96. The van der Waals surface area contributed by atoms with Gasteiger partial charge in [-0.2, -0.15) is 13.2 Å². The third kappa shape index (κ3) is 5.71. The van der Waals surface area contributed by atoms with Crippen LogP contribution in [0.4, 0.5) is 13.2 Å². The van der Waals surface area contributed by atoms with Gasteiger partial charge in [0.05, 0.1) is 10.5 Å². The van der Waals surface area contributed by atoms with Gasteiger partial charge in [-0.3, -0.25) is 4.90 Å². The van der Waals surface area contributed by atoms with Gasteiger partial charge in [0, 0.05) is 12.6 Å². The highest BCUT2D eigenvalue weighted by Gasteiger charge is 2.31. The lowest BCUT2D eigenvalue weighted by Crippen LogP contribution is -2.36. The van der Waals surface area contributed by atoms with Crippen LogP contribution in [0.25, 0.3) is 0 Å². The number of benzene rings is 2. The zero-order valence-electron chi connectivity index (χ0n) is 15.7. The topological polar surface area (TPSA) is 72.6 Å². The van der Waals surface area contributed by atoms with Crippen LogP contribution in [-0.4, -0.2) is 33.0 Å². The van der Waals surface area contributed by atoms with Gasteiger partial charge in [0.2, 0.25) is 10.0 Å². The number of piperidine rings is 1. The molecule has 9 heteroatoms. The maximum absolute atomic E-state index is 12.8. The largest absolute Gasteiger partial charge is 0.492 e. The molecule has 29 heavy (non-hydrogen) atoms. The summed E-state index contributed by atoms with van der Waals surface area (Å²) in [7, 11) is -3.74. The van der Waals surface area contributed by atoms with Crippen molar-refractivity contribution in [2.75, 3.05) is 19.7 Å². The van der Waals surface area contributed by atoms with Gasteiger partial charge in [-0.15, -0.1) is 0 Å². The van der Waals surface area contributed by atoms with E-state index in [0.29, 0.717) is 18.9 Å². The highest BCUT2D eigenvalue weighted by molar-refractivity contribution is 7.89. The Morgan fingerprint density at radius 3 is 2.28 bits per heavy atom. The van der Waals surface area contributed by atoms with Crippen LogP contribution >= 0.6 is 0 Å². The molecule has 1 atom stereocenters.